The van der Waals surface area contributed by atoms with Crippen molar-refractivity contribution in [2.75, 3.05) is 20.3 Å². The first kappa shape index (κ1) is 35.0. The fraction of sp³-hybridized carbons (Fsp3) is 1.00. The zero-order valence-corrected chi connectivity index (χ0v) is 27.9. The molecule has 0 bridgehead atoms. The van der Waals surface area contributed by atoms with Crippen LogP contribution in [0.4, 0.5) is 0 Å². The van der Waals surface area contributed by atoms with Gasteiger partial charge in [0.1, 0.15) is 18.3 Å². The van der Waals surface area contributed by atoms with Crippen LogP contribution in [-0.2, 0) is 14.2 Å². The summed E-state index contributed by atoms with van der Waals surface area (Å²) in [5, 5.41) is 65.7. The molecule has 1 saturated heterocycles. The molecule has 9 heteroatoms. The molecule has 1 heterocycles. The summed E-state index contributed by atoms with van der Waals surface area (Å²) in [5.41, 5.74) is -0.228. The highest BCUT2D eigenvalue weighted by Gasteiger charge is 2.67. The molecular weight excluding hydrogens is 564 g/mol. The molecule has 0 spiro atoms. The van der Waals surface area contributed by atoms with Gasteiger partial charge in [-0.3, -0.25) is 0 Å². The third-order valence-corrected chi connectivity index (χ3v) is 13.9. The Balaban J connectivity index is 1.21. The third-order valence-electron chi connectivity index (χ3n) is 13.9. The predicted octanol–water partition coefficient (Wildman–Crippen LogP) is 3.11. The first-order valence-electron chi connectivity index (χ1n) is 17.6. The average Bonchev–Trinajstić information content (AvgIpc) is 3.18. The Bertz CT molecular complexity index is 949. The average molecular weight is 627 g/mol. The Morgan fingerprint density at radius 1 is 0.795 bits per heavy atom. The van der Waals surface area contributed by atoms with Crippen molar-refractivity contribution in [3.8, 4) is 0 Å². The minimum Gasteiger partial charge on any atom is -0.393 e. The van der Waals surface area contributed by atoms with Gasteiger partial charge >= 0.3 is 0 Å². The van der Waals surface area contributed by atoms with Gasteiger partial charge in [0.25, 0.3) is 0 Å². The number of fused-ring (bicyclic) bond motifs is 5. The first-order valence-corrected chi connectivity index (χ1v) is 17.6. The summed E-state index contributed by atoms with van der Waals surface area (Å²) < 4.78 is 16.6. The van der Waals surface area contributed by atoms with Crippen molar-refractivity contribution in [1.29, 1.82) is 0 Å². The Kier molecular flexibility index (Phi) is 10.8. The van der Waals surface area contributed by atoms with Gasteiger partial charge in [-0.1, -0.05) is 41.0 Å². The van der Waals surface area contributed by atoms with Crippen molar-refractivity contribution < 1.29 is 44.8 Å². The van der Waals surface area contributed by atoms with E-state index in [1.807, 2.05) is 0 Å². The van der Waals surface area contributed by atoms with E-state index in [9.17, 15) is 30.6 Å². The molecule has 0 unspecified atom stereocenters. The number of hydrogen-bond acceptors (Lipinski definition) is 9. The molecule has 9 nitrogen and oxygen atoms in total. The fourth-order valence-electron chi connectivity index (χ4n) is 11.3. The molecule has 0 aromatic carbocycles. The van der Waals surface area contributed by atoms with E-state index in [2.05, 4.69) is 34.6 Å². The number of hydrogen-bond donors (Lipinski definition) is 6. The minimum atomic E-state index is -1.16. The van der Waals surface area contributed by atoms with Crippen LogP contribution in [0.3, 0.4) is 0 Å². The molecule has 4 aliphatic carbocycles. The second-order valence-electron chi connectivity index (χ2n) is 16.4. The maximum Gasteiger partial charge on any atom is 0.186 e. The molecule has 5 aliphatic rings. The van der Waals surface area contributed by atoms with E-state index in [-0.39, 0.29) is 53.1 Å². The van der Waals surface area contributed by atoms with Gasteiger partial charge in [-0.2, -0.15) is 0 Å². The molecule has 17 atom stereocenters. The van der Waals surface area contributed by atoms with Crippen LogP contribution in [-0.4, -0.2) is 100.0 Å². The highest BCUT2D eigenvalue weighted by molar-refractivity contribution is 5.15. The number of rotatable bonds is 10. The van der Waals surface area contributed by atoms with Gasteiger partial charge in [-0.25, -0.2) is 0 Å². The molecule has 44 heavy (non-hydrogen) atoms. The van der Waals surface area contributed by atoms with E-state index >= 15 is 0 Å². The lowest BCUT2D eigenvalue weighted by atomic mass is 9.43. The number of aliphatic hydroxyl groups is 6. The summed E-state index contributed by atoms with van der Waals surface area (Å²) in [6.07, 6.45) is 1.73. The van der Waals surface area contributed by atoms with E-state index in [1.54, 1.807) is 0 Å². The van der Waals surface area contributed by atoms with Crippen molar-refractivity contribution in [3.63, 3.8) is 0 Å². The number of methoxy groups -OCH3 is 1. The Morgan fingerprint density at radius 2 is 1.50 bits per heavy atom. The largest absolute Gasteiger partial charge is 0.393 e. The summed E-state index contributed by atoms with van der Waals surface area (Å²) in [6, 6.07) is 0. The van der Waals surface area contributed by atoms with Gasteiger partial charge in [0.05, 0.1) is 37.6 Å². The first-order chi connectivity index (χ1) is 20.7. The van der Waals surface area contributed by atoms with Crippen LogP contribution < -0.4 is 0 Å². The lowest BCUT2D eigenvalue weighted by Gasteiger charge is -2.62. The number of ether oxygens (including phenoxy) is 3. The molecule has 1 aliphatic heterocycles. The molecule has 256 valence electrons. The van der Waals surface area contributed by atoms with Crippen molar-refractivity contribution in [3.05, 3.63) is 0 Å². The molecular formula is C35H62O9. The maximum atomic E-state index is 11.7. The normalized spacial score (nSPS) is 50.5. The quantitative estimate of drug-likeness (QED) is 0.215. The van der Waals surface area contributed by atoms with Gasteiger partial charge in [0.15, 0.2) is 6.29 Å². The van der Waals surface area contributed by atoms with Gasteiger partial charge in [-0.15, -0.1) is 0 Å². The summed E-state index contributed by atoms with van der Waals surface area (Å²) in [6.45, 7) is 11.9. The molecule has 0 radical (unpaired) electrons. The van der Waals surface area contributed by atoms with Crippen molar-refractivity contribution in [1.82, 2.24) is 0 Å². The fourth-order valence-corrected chi connectivity index (χ4v) is 11.3. The van der Waals surface area contributed by atoms with Crippen molar-refractivity contribution in [2.45, 2.75) is 141 Å². The van der Waals surface area contributed by atoms with Crippen LogP contribution in [0.5, 0.6) is 0 Å². The topological polar surface area (TPSA) is 149 Å². The molecule has 0 aromatic rings. The lowest BCUT2D eigenvalue weighted by Crippen LogP contribution is -2.59. The predicted molar refractivity (Wildman–Crippen MR) is 165 cm³/mol. The Morgan fingerprint density at radius 3 is 2.18 bits per heavy atom. The molecule has 5 rings (SSSR count). The zero-order chi connectivity index (χ0) is 32.1. The van der Waals surface area contributed by atoms with Gasteiger partial charge in [0.2, 0.25) is 0 Å². The van der Waals surface area contributed by atoms with Crippen LogP contribution in [0, 0.1) is 58.2 Å². The van der Waals surface area contributed by atoms with Crippen LogP contribution >= 0.6 is 0 Å². The summed E-state index contributed by atoms with van der Waals surface area (Å²) >= 11 is 0. The molecule has 5 fully saturated rings. The third kappa shape index (κ3) is 6.16. The van der Waals surface area contributed by atoms with E-state index < -0.39 is 42.9 Å². The van der Waals surface area contributed by atoms with Crippen LogP contribution in [0.1, 0.15) is 92.4 Å². The van der Waals surface area contributed by atoms with Crippen molar-refractivity contribution in [2.24, 2.45) is 58.2 Å². The summed E-state index contributed by atoms with van der Waals surface area (Å²) in [7, 11) is 1.48. The molecule has 0 aromatic heterocycles. The van der Waals surface area contributed by atoms with Crippen LogP contribution in [0.2, 0.25) is 0 Å². The standard InChI is InChI=1S/C35H62O9/c1-18(2)20(11-14-43-33-32(41)29(38)26(42-6)17-44-33)8-7-19(3)27-30(39)31(40)28-22-16-25(37)24-15-21(36)9-12-34(24,4)23(22)10-13-35(27,28)5/h18-33,36-41H,7-17H2,1-6H3/t19-,20-,21+,22-,23+,24-,25+,26-,27+,28-,29+,30-,31+,32-,33-,34-,35-/m1/s1. The summed E-state index contributed by atoms with van der Waals surface area (Å²) in [4.78, 5) is 0. The molecule has 0 amide bonds. The van der Waals surface area contributed by atoms with Gasteiger partial charge < -0.3 is 44.8 Å². The van der Waals surface area contributed by atoms with E-state index in [4.69, 9.17) is 14.2 Å². The lowest BCUT2D eigenvalue weighted by molar-refractivity contribution is -0.274. The van der Waals surface area contributed by atoms with Crippen LogP contribution in [0.15, 0.2) is 0 Å². The van der Waals surface area contributed by atoms with E-state index in [1.165, 1.54) is 7.11 Å². The SMILES string of the molecule is CO[C@@H]1CO[C@@H](OCC[C@@H](CC[C@@H](C)[C@H]2[C@@H](O)[C@@H](O)[C@H]3[C@@H]4C[C@H](O)[C@H]5C[C@@H](O)CC[C@]5(C)[C@H]4CC[C@]23C)C(C)C)[C@H](O)[C@H]1O. The van der Waals surface area contributed by atoms with Gasteiger partial charge in [-0.05, 0) is 110 Å². The number of aliphatic hydroxyl groups excluding tert-OH is 6. The monoisotopic (exact) mass is 626 g/mol. The Labute approximate surface area is 264 Å². The van der Waals surface area contributed by atoms with Crippen LogP contribution in [0.25, 0.3) is 0 Å². The molecule has 4 saturated carbocycles. The van der Waals surface area contributed by atoms with E-state index in [0.717, 1.165) is 44.9 Å². The Hall–Kier alpha value is -0.360. The van der Waals surface area contributed by atoms with E-state index in [0.29, 0.717) is 37.2 Å². The van der Waals surface area contributed by atoms with Gasteiger partial charge in [0, 0.05) is 7.11 Å². The summed E-state index contributed by atoms with van der Waals surface area (Å²) in [5.74, 6) is 1.66. The maximum absolute atomic E-state index is 11.7. The molecule has 6 N–H and O–H groups in total. The van der Waals surface area contributed by atoms with Crippen molar-refractivity contribution >= 4 is 0 Å². The highest BCUT2D eigenvalue weighted by atomic mass is 16.7. The second-order valence-corrected chi connectivity index (χ2v) is 16.4. The minimum absolute atomic E-state index is 0.00985. The second kappa shape index (κ2) is 13.6. The highest BCUT2D eigenvalue weighted by Crippen LogP contribution is 2.68. The smallest absolute Gasteiger partial charge is 0.186 e. The zero-order valence-electron chi connectivity index (χ0n) is 27.9.